The van der Waals surface area contributed by atoms with Gasteiger partial charge in [-0.05, 0) is 36.8 Å². The highest BCUT2D eigenvalue weighted by atomic mass is 16.6. The van der Waals surface area contributed by atoms with Crippen molar-refractivity contribution in [1.29, 1.82) is 5.26 Å². The van der Waals surface area contributed by atoms with Crippen LogP contribution in [0.2, 0.25) is 0 Å². The van der Waals surface area contributed by atoms with Gasteiger partial charge in [0.2, 0.25) is 0 Å². The minimum Gasteiger partial charge on any atom is -0.396 e. The normalized spacial score (nSPS) is 21.5. The molecule has 0 aliphatic heterocycles. The number of nitriles is 1. The number of hydrogen-bond donors (Lipinski definition) is 2. The molecule has 112 valence electrons. The summed E-state index contributed by atoms with van der Waals surface area (Å²) in [4.78, 5) is 10.6. The summed E-state index contributed by atoms with van der Waals surface area (Å²) in [6, 6.07) is 6.56. The highest BCUT2D eigenvalue weighted by molar-refractivity contribution is 5.68. The summed E-state index contributed by atoms with van der Waals surface area (Å²) in [5.74, 6) is 0.568. The number of hydrogen-bond acceptors (Lipinski definition) is 5. The Kier molecular flexibility index (Phi) is 5.12. The Morgan fingerprint density at radius 1 is 1.38 bits per heavy atom. The van der Waals surface area contributed by atoms with Crippen LogP contribution < -0.4 is 5.32 Å². The number of para-hydroxylation sites is 1. The second kappa shape index (κ2) is 7.04. The molecule has 1 aliphatic rings. The molecule has 21 heavy (non-hydrogen) atoms. The van der Waals surface area contributed by atoms with Crippen LogP contribution in [0, 0.1) is 33.3 Å². The molecule has 6 nitrogen and oxygen atoms in total. The molecule has 2 unspecified atom stereocenters. The van der Waals surface area contributed by atoms with E-state index in [9.17, 15) is 15.2 Å². The zero-order valence-electron chi connectivity index (χ0n) is 11.8. The van der Waals surface area contributed by atoms with E-state index in [0.29, 0.717) is 18.2 Å². The van der Waals surface area contributed by atoms with Crippen LogP contribution >= 0.6 is 0 Å². The van der Waals surface area contributed by atoms with Crippen molar-refractivity contribution in [1.82, 2.24) is 0 Å². The van der Waals surface area contributed by atoms with Gasteiger partial charge in [0.15, 0.2) is 0 Å². The van der Waals surface area contributed by atoms with Gasteiger partial charge in [-0.25, -0.2) is 0 Å². The molecule has 0 amide bonds. The lowest BCUT2D eigenvalue weighted by Crippen LogP contribution is -2.28. The van der Waals surface area contributed by atoms with Crippen molar-refractivity contribution in [3.05, 3.63) is 33.9 Å². The van der Waals surface area contributed by atoms with Crippen molar-refractivity contribution in [2.24, 2.45) is 11.8 Å². The smallest absolute Gasteiger partial charge is 0.309 e. The third kappa shape index (κ3) is 3.50. The van der Waals surface area contributed by atoms with Crippen LogP contribution in [-0.2, 0) is 0 Å². The van der Waals surface area contributed by atoms with Crippen molar-refractivity contribution in [2.45, 2.75) is 25.7 Å². The van der Waals surface area contributed by atoms with Crippen LogP contribution in [0.1, 0.15) is 31.2 Å². The monoisotopic (exact) mass is 289 g/mol. The Bertz CT molecular complexity index is 554. The summed E-state index contributed by atoms with van der Waals surface area (Å²) >= 11 is 0. The third-order valence-corrected chi connectivity index (χ3v) is 4.19. The van der Waals surface area contributed by atoms with E-state index in [1.54, 1.807) is 12.1 Å². The Labute approximate surface area is 123 Å². The zero-order valence-corrected chi connectivity index (χ0v) is 11.8. The number of rotatable bonds is 5. The maximum absolute atomic E-state index is 11.1. The van der Waals surface area contributed by atoms with Crippen LogP contribution in [0.25, 0.3) is 0 Å². The van der Waals surface area contributed by atoms with E-state index in [-0.39, 0.29) is 23.8 Å². The van der Waals surface area contributed by atoms with Crippen molar-refractivity contribution in [3.63, 3.8) is 0 Å². The van der Waals surface area contributed by atoms with Gasteiger partial charge in [0.25, 0.3) is 0 Å². The van der Waals surface area contributed by atoms with Gasteiger partial charge in [-0.15, -0.1) is 0 Å². The number of nitro groups is 1. The molecule has 0 heterocycles. The summed E-state index contributed by atoms with van der Waals surface area (Å²) in [6.45, 7) is 0.744. The van der Waals surface area contributed by atoms with Crippen LogP contribution in [0.15, 0.2) is 18.2 Å². The van der Waals surface area contributed by atoms with Crippen molar-refractivity contribution < 1.29 is 10.0 Å². The number of nitrogens with zero attached hydrogens (tertiary/aromatic N) is 2. The van der Waals surface area contributed by atoms with Crippen molar-refractivity contribution in [3.8, 4) is 6.07 Å². The molecule has 1 aromatic rings. The average molecular weight is 289 g/mol. The molecule has 2 atom stereocenters. The second-order valence-corrected chi connectivity index (χ2v) is 5.44. The lowest BCUT2D eigenvalue weighted by atomic mass is 9.79. The molecule has 0 saturated heterocycles. The molecular weight excluding hydrogens is 270 g/mol. The van der Waals surface area contributed by atoms with E-state index in [1.165, 1.54) is 6.07 Å². The lowest BCUT2D eigenvalue weighted by molar-refractivity contribution is -0.384. The molecular formula is C15H19N3O3. The molecule has 0 radical (unpaired) electrons. The summed E-state index contributed by atoms with van der Waals surface area (Å²) in [6.07, 6.45) is 4.28. The lowest BCUT2D eigenvalue weighted by Gasteiger charge is -2.30. The van der Waals surface area contributed by atoms with Crippen molar-refractivity contribution in [2.75, 3.05) is 18.5 Å². The van der Waals surface area contributed by atoms with E-state index in [2.05, 4.69) is 5.32 Å². The minimum absolute atomic E-state index is 0.0624. The van der Waals surface area contributed by atoms with Gasteiger partial charge in [-0.2, -0.15) is 5.26 Å². The Balaban J connectivity index is 2.13. The van der Waals surface area contributed by atoms with E-state index >= 15 is 0 Å². The van der Waals surface area contributed by atoms with Crippen LogP contribution in [0.4, 0.5) is 11.4 Å². The second-order valence-electron chi connectivity index (χ2n) is 5.44. The highest BCUT2D eigenvalue weighted by Gasteiger charge is 2.26. The number of aliphatic hydroxyl groups excluding tert-OH is 1. The molecule has 1 saturated carbocycles. The first-order valence-corrected chi connectivity index (χ1v) is 7.19. The van der Waals surface area contributed by atoms with Gasteiger partial charge in [-0.3, -0.25) is 10.1 Å². The van der Waals surface area contributed by atoms with Gasteiger partial charge < -0.3 is 10.4 Å². The molecule has 1 fully saturated rings. The molecule has 1 aliphatic carbocycles. The van der Waals surface area contributed by atoms with E-state index < -0.39 is 4.92 Å². The number of nitro benzene ring substituents is 1. The summed E-state index contributed by atoms with van der Waals surface area (Å²) in [5.41, 5.74) is 0.269. The molecule has 0 bridgehead atoms. The SMILES string of the molecule is N#Cc1cccc(NCC2CCCCC2CO)c1[N+](=O)[O-]. The fraction of sp³-hybridized carbons (Fsp3) is 0.533. The first kappa shape index (κ1) is 15.3. The quantitative estimate of drug-likeness (QED) is 0.641. The molecule has 2 rings (SSSR count). The Morgan fingerprint density at radius 2 is 2.10 bits per heavy atom. The van der Waals surface area contributed by atoms with Gasteiger partial charge in [0, 0.05) is 13.2 Å². The molecule has 0 spiro atoms. The number of nitrogens with one attached hydrogen (secondary N) is 1. The number of benzene rings is 1. The van der Waals surface area contributed by atoms with Gasteiger partial charge in [0.1, 0.15) is 17.3 Å². The average Bonchev–Trinajstić information content (AvgIpc) is 2.52. The van der Waals surface area contributed by atoms with Gasteiger partial charge >= 0.3 is 5.69 Å². The molecule has 0 aromatic heterocycles. The maximum atomic E-state index is 11.1. The Morgan fingerprint density at radius 3 is 2.71 bits per heavy atom. The third-order valence-electron chi connectivity index (χ3n) is 4.19. The fourth-order valence-corrected chi connectivity index (χ4v) is 3.01. The molecule has 2 N–H and O–H groups in total. The highest BCUT2D eigenvalue weighted by Crippen LogP contribution is 2.32. The van der Waals surface area contributed by atoms with Gasteiger partial charge in [-0.1, -0.05) is 18.9 Å². The first-order valence-electron chi connectivity index (χ1n) is 7.19. The number of aliphatic hydroxyl groups is 1. The molecule has 6 heteroatoms. The van der Waals surface area contributed by atoms with E-state index in [4.69, 9.17) is 5.26 Å². The zero-order chi connectivity index (χ0) is 15.2. The van der Waals surface area contributed by atoms with Crippen LogP contribution in [-0.4, -0.2) is 23.2 Å². The molecule has 1 aromatic carbocycles. The van der Waals surface area contributed by atoms with Crippen LogP contribution in [0.3, 0.4) is 0 Å². The number of anilines is 1. The predicted molar refractivity (Wildman–Crippen MR) is 78.8 cm³/mol. The van der Waals surface area contributed by atoms with E-state index in [0.717, 1.165) is 25.7 Å². The predicted octanol–water partition coefficient (Wildman–Crippen LogP) is 2.68. The first-order chi connectivity index (χ1) is 10.2. The summed E-state index contributed by atoms with van der Waals surface area (Å²) in [7, 11) is 0. The van der Waals surface area contributed by atoms with Crippen molar-refractivity contribution >= 4 is 11.4 Å². The van der Waals surface area contributed by atoms with Gasteiger partial charge in [0.05, 0.1) is 4.92 Å². The maximum Gasteiger partial charge on any atom is 0.309 e. The largest absolute Gasteiger partial charge is 0.396 e. The van der Waals surface area contributed by atoms with Crippen LogP contribution in [0.5, 0.6) is 0 Å². The minimum atomic E-state index is -0.523. The summed E-state index contributed by atoms with van der Waals surface area (Å²) in [5, 5.41) is 32.6. The fourth-order valence-electron chi connectivity index (χ4n) is 3.01. The van der Waals surface area contributed by atoms with E-state index in [1.807, 2.05) is 6.07 Å². The standard InChI is InChI=1S/C15H19N3O3/c16-8-11-6-3-7-14(15(11)18(20)21)17-9-12-4-1-2-5-13(12)10-19/h3,6-7,12-13,17,19H,1-2,4-5,9-10H2. The topological polar surface area (TPSA) is 99.2 Å². The Hall–Kier alpha value is -2.13. The summed E-state index contributed by atoms with van der Waals surface area (Å²) < 4.78 is 0.